The zero-order valence-corrected chi connectivity index (χ0v) is 15.9. The second-order valence-corrected chi connectivity index (χ2v) is 8.16. The molecule has 2 aromatic rings. The molecule has 1 saturated heterocycles. The second kappa shape index (κ2) is 8.08. The zero-order valence-electron chi connectivity index (χ0n) is 14.4. The minimum absolute atomic E-state index is 0.137. The molecule has 2 amide bonds. The van der Waals surface area contributed by atoms with E-state index < -0.39 is 15.9 Å². The van der Waals surface area contributed by atoms with Crippen molar-refractivity contribution in [1.29, 1.82) is 0 Å². The third kappa shape index (κ3) is 3.97. The van der Waals surface area contributed by atoms with Crippen molar-refractivity contribution in [2.75, 3.05) is 13.1 Å². The molecule has 0 bridgehead atoms. The highest BCUT2D eigenvalue weighted by Gasteiger charge is 2.38. The van der Waals surface area contributed by atoms with E-state index in [1.165, 1.54) is 36.4 Å². The number of halogens is 1. The first-order valence-corrected chi connectivity index (χ1v) is 10.2. The molecule has 3 rings (SSSR count). The van der Waals surface area contributed by atoms with Crippen molar-refractivity contribution in [3.63, 3.8) is 0 Å². The smallest absolute Gasteiger partial charge is 0.275 e. The standard InChI is InChI=1S/C18H18ClN3O4S/c19-16-8-10-17(11-9-16)27(25,26)22(18(24)15-6-2-1-3-7-15)21(14-23)20-12-4-5-13-20/h1-3,6-11,14H,4-5,12-13H2. The van der Waals surface area contributed by atoms with Crippen LogP contribution in [0.4, 0.5) is 0 Å². The van der Waals surface area contributed by atoms with Crippen molar-refractivity contribution >= 4 is 33.9 Å². The molecule has 9 heteroatoms. The lowest BCUT2D eigenvalue weighted by Gasteiger charge is -2.36. The number of sulfonamides is 1. The van der Waals surface area contributed by atoms with Crippen LogP contribution in [0.25, 0.3) is 0 Å². The summed E-state index contributed by atoms with van der Waals surface area (Å²) >= 11 is 5.84. The van der Waals surface area contributed by atoms with Gasteiger partial charge in [-0.15, -0.1) is 4.41 Å². The van der Waals surface area contributed by atoms with Crippen LogP contribution in [0.15, 0.2) is 59.5 Å². The molecule has 142 valence electrons. The van der Waals surface area contributed by atoms with Crippen molar-refractivity contribution in [3.05, 3.63) is 65.2 Å². The number of nitrogens with zero attached hydrogens (tertiary/aromatic N) is 3. The predicted octanol–water partition coefficient (Wildman–Crippen LogP) is 2.56. The molecular weight excluding hydrogens is 390 g/mol. The number of carbonyl (C=O) groups is 2. The van der Waals surface area contributed by atoms with Gasteiger partial charge in [-0.1, -0.05) is 29.8 Å². The number of benzene rings is 2. The molecule has 0 aromatic heterocycles. The van der Waals surface area contributed by atoms with E-state index in [1.807, 2.05) is 0 Å². The molecule has 2 aromatic carbocycles. The summed E-state index contributed by atoms with van der Waals surface area (Å²) in [4.78, 5) is 24.8. The Balaban J connectivity index is 2.09. The van der Waals surface area contributed by atoms with E-state index in [0.29, 0.717) is 28.9 Å². The predicted molar refractivity (Wildman–Crippen MR) is 100.0 cm³/mol. The molecule has 1 fully saturated rings. The Morgan fingerprint density at radius 2 is 1.59 bits per heavy atom. The van der Waals surface area contributed by atoms with Gasteiger partial charge in [0.05, 0.1) is 4.90 Å². The second-order valence-electron chi connectivity index (χ2n) is 5.96. The third-order valence-electron chi connectivity index (χ3n) is 4.19. The van der Waals surface area contributed by atoms with Gasteiger partial charge in [-0.25, -0.2) is 0 Å². The van der Waals surface area contributed by atoms with Crippen LogP contribution >= 0.6 is 11.6 Å². The third-order valence-corrected chi connectivity index (χ3v) is 6.09. The van der Waals surface area contributed by atoms with Gasteiger partial charge in [0.1, 0.15) is 0 Å². The fourth-order valence-electron chi connectivity index (χ4n) is 2.84. The Bertz CT molecular complexity index is 913. The number of hydrazine groups is 2. The fraction of sp³-hybridized carbons (Fsp3) is 0.222. The van der Waals surface area contributed by atoms with Crippen molar-refractivity contribution < 1.29 is 18.0 Å². The molecular formula is C18H18ClN3O4S. The Morgan fingerprint density at radius 3 is 2.15 bits per heavy atom. The van der Waals surface area contributed by atoms with Gasteiger partial charge in [0.15, 0.2) is 0 Å². The minimum atomic E-state index is -4.34. The number of hydrogen-bond donors (Lipinski definition) is 0. The van der Waals surface area contributed by atoms with E-state index in [1.54, 1.807) is 23.2 Å². The van der Waals surface area contributed by atoms with Crippen molar-refractivity contribution in [3.8, 4) is 0 Å². The normalized spacial score (nSPS) is 14.7. The van der Waals surface area contributed by atoms with Gasteiger partial charge in [0.2, 0.25) is 6.41 Å². The molecule has 0 atom stereocenters. The maximum Gasteiger partial charge on any atom is 0.288 e. The average molecular weight is 408 g/mol. The Kier molecular flexibility index (Phi) is 5.79. The van der Waals surface area contributed by atoms with Gasteiger partial charge in [0.25, 0.3) is 15.9 Å². The van der Waals surface area contributed by atoms with Crippen molar-refractivity contribution in [2.45, 2.75) is 17.7 Å². The minimum Gasteiger partial charge on any atom is -0.275 e. The van der Waals surface area contributed by atoms with Crippen LogP contribution < -0.4 is 0 Å². The van der Waals surface area contributed by atoms with Gasteiger partial charge >= 0.3 is 0 Å². The topological polar surface area (TPSA) is 78.0 Å². The van der Waals surface area contributed by atoms with Crippen LogP contribution in [0.3, 0.4) is 0 Å². The first-order valence-electron chi connectivity index (χ1n) is 8.35. The molecule has 0 radical (unpaired) electrons. The summed E-state index contributed by atoms with van der Waals surface area (Å²) in [5.74, 6) is -0.815. The highest BCUT2D eigenvalue weighted by atomic mass is 35.5. The van der Waals surface area contributed by atoms with Crippen LogP contribution in [0.5, 0.6) is 0 Å². The molecule has 27 heavy (non-hydrogen) atoms. The van der Waals surface area contributed by atoms with Crippen molar-refractivity contribution in [2.24, 2.45) is 0 Å². The monoisotopic (exact) mass is 407 g/mol. The molecule has 1 heterocycles. The molecule has 1 aliphatic rings. The van der Waals surface area contributed by atoms with E-state index in [4.69, 9.17) is 11.6 Å². The number of carbonyl (C=O) groups excluding carboxylic acids is 2. The summed E-state index contributed by atoms with van der Waals surface area (Å²) in [6.45, 7) is 0.959. The van der Waals surface area contributed by atoms with Crippen LogP contribution in [-0.2, 0) is 14.8 Å². The van der Waals surface area contributed by atoms with Crippen LogP contribution in [0.2, 0.25) is 5.02 Å². The maximum absolute atomic E-state index is 13.3. The number of hydrogen-bond acceptors (Lipinski definition) is 5. The Labute approximate surface area is 162 Å². The number of rotatable bonds is 6. The zero-order chi connectivity index (χ0) is 19.4. The fourth-order valence-corrected chi connectivity index (χ4v) is 4.33. The van der Waals surface area contributed by atoms with Crippen LogP contribution in [0.1, 0.15) is 23.2 Å². The molecule has 1 aliphatic heterocycles. The molecule has 0 spiro atoms. The lowest BCUT2D eigenvalue weighted by molar-refractivity contribution is -0.152. The first-order chi connectivity index (χ1) is 12.9. The van der Waals surface area contributed by atoms with Crippen LogP contribution in [0, 0.1) is 0 Å². The molecule has 0 aliphatic carbocycles. The van der Waals surface area contributed by atoms with Gasteiger partial charge in [-0.05, 0) is 49.2 Å². The molecule has 0 saturated carbocycles. The van der Waals surface area contributed by atoms with E-state index >= 15 is 0 Å². The highest BCUT2D eigenvalue weighted by Crippen LogP contribution is 2.24. The lowest BCUT2D eigenvalue weighted by Crippen LogP contribution is -2.56. The summed E-state index contributed by atoms with van der Waals surface area (Å²) in [6.07, 6.45) is 1.96. The Hall–Kier alpha value is -2.42. The van der Waals surface area contributed by atoms with Crippen molar-refractivity contribution in [1.82, 2.24) is 14.5 Å². The quantitative estimate of drug-likeness (QED) is 0.543. The molecule has 0 unspecified atom stereocenters. The van der Waals surface area contributed by atoms with E-state index in [2.05, 4.69) is 0 Å². The van der Waals surface area contributed by atoms with Crippen LogP contribution in [-0.4, -0.2) is 48.4 Å². The highest BCUT2D eigenvalue weighted by molar-refractivity contribution is 7.89. The van der Waals surface area contributed by atoms with Gasteiger partial charge < -0.3 is 0 Å². The summed E-state index contributed by atoms with van der Waals surface area (Å²) < 4.78 is 27.0. The van der Waals surface area contributed by atoms with E-state index in [0.717, 1.165) is 18.0 Å². The molecule has 7 nitrogen and oxygen atoms in total. The van der Waals surface area contributed by atoms with Gasteiger partial charge in [0, 0.05) is 23.7 Å². The van der Waals surface area contributed by atoms with Gasteiger partial charge in [-0.2, -0.15) is 18.5 Å². The summed E-state index contributed by atoms with van der Waals surface area (Å²) in [5.41, 5.74) is 0.154. The Morgan fingerprint density at radius 1 is 1.00 bits per heavy atom. The average Bonchev–Trinajstić information content (AvgIpc) is 3.21. The maximum atomic E-state index is 13.3. The largest absolute Gasteiger partial charge is 0.288 e. The lowest BCUT2D eigenvalue weighted by atomic mass is 10.2. The van der Waals surface area contributed by atoms with Gasteiger partial charge in [-0.3, -0.25) is 9.59 Å². The van der Waals surface area contributed by atoms with E-state index in [9.17, 15) is 18.0 Å². The summed E-state index contributed by atoms with van der Waals surface area (Å²) in [6, 6.07) is 13.4. The number of amides is 2. The van der Waals surface area contributed by atoms with E-state index in [-0.39, 0.29) is 10.5 Å². The SMILES string of the molecule is O=CN(N1CCCC1)N(C(=O)c1ccccc1)S(=O)(=O)c1ccc(Cl)cc1. The summed E-state index contributed by atoms with van der Waals surface area (Å²) in [5, 5.41) is 2.76. The first kappa shape index (κ1) is 19.3. The molecule has 0 N–H and O–H groups in total. The summed E-state index contributed by atoms with van der Waals surface area (Å²) in [7, 11) is -4.34.